The second kappa shape index (κ2) is 8.01. The van der Waals surface area contributed by atoms with Gasteiger partial charge in [-0.1, -0.05) is 23.7 Å². The van der Waals surface area contributed by atoms with E-state index < -0.39 is 0 Å². The molecule has 1 heterocycles. The first kappa shape index (κ1) is 18.6. The zero-order valence-electron chi connectivity index (χ0n) is 14.5. The lowest BCUT2D eigenvalue weighted by Gasteiger charge is -2.10. The van der Waals surface area contributed by atoms with E-state index in [9.17, 15) is 14.4 Å². The highest BCUT2D eigenvalue weighted by molar-refractivity contribution is 6.34. The Morgan fingerprint density at radius 1 is 1.19 bits per heavy atom. The third kappa shape index (κ3) is 4.15. The quantitative estimate of drug-likeness (QED) is 0.706. The second-order valence-corrected chi connectivity index (χ2v) is 6.23. The van der Waals surface area contributed by atoms with E-state index in [1.165, 1.54) is 19.3 Å². The third-order valence-electron chi connectivity index (χ3n) is 4.03. The number of fused-ring (bicyclic) bond motifs is 1. The highest BCUT2D eigenvalue weighted by atomic mass is 35.5. The van der Waals surface area contributed by atoms with Crippen LogP contribution in [0.3, 0.4) is 0 Å². The van der Waals surface area contributed by atoms with Crippen molar-refractivity contribution < 1.29 is 9.59 Å². The molecule has 0 spiro atoms. The average molecular weight is 385 g/mol. The Morgan fingerprint density at radius 2 is 1.96 bits per heavy atom. The van der Waals surface area contributed by atoms with Gasteiger partial charge in [0.05, 0.1) is 28.8 Å². The fraction of sp³-hybridized carbons (Fsp3) is 0.158. The minimum absolute atomic E-state index is 0.151. The summed E-state index contributed by atoms with van der Waals surface area (Å²) in [6, 6.07) is 11.8. The predicted octanol–water partition coefficient (Wildman–Crippen LogP) is 2.44. The van der Waals surface area contributed by atoms with E-state index in [2.05, 4.69) is 15.7 Å². The van der Waals surface area contributed by atoms with Gasteiger partial charge in [-0.05, 0) is 30.3 Å². The van der Waals surface area contributed by atoms with Crippen LogP contribution in [0.2, 0.25) is 5.02 Å². The van der Waals surface area contributed by atoms with Crippen LogP contribution in [-0.2, 0) is 11.3 Å². The van der Waals surface area contributed by atoms with Crippen LogP contribution < -0.4 is 16.1 Å². The Balaban J connectivity index is 1.72. The highest BCUT2D eigenvalue weighted by Gasteiger charge is 2.11. The molecular formula is C19H17ClN4O3. The van der Waals surface area contributed by atoms with Gasteiger partial charge in [-0.25, -0.2) is 0 Å². The van der Waals surface area contributed by atoms with Gasteiger partial charge in [0.15, 0.2) is 0 Å². The van der Waals surface area contributed by atoms with Gasteiger partial charge in [-0.15, -0.1) is 0 Å². The first-order valence-electron chi connectivity index (χ1n) is 8.26. The smallest absolute Gasteiger partial charge is 0.252 e. The third-order valence-corrected chi connectivity index (χ3v) is 4.36. The van der Waals surface area contributed by atoms with Crippen LogP contribution in [0.25, 0.3) is 10.9 Å². The van der Waals surface area contributed by atoms with Crippen LogP contribution in [0.5, 0.6) is 0 Å². The van der Waals surface area contributed by atoms with Crippen molar-refractivity contribution in [3.63, 3.8) is 0 Å². The maximum atomic E-state index is 12.3. The highest BCUT2D eigenvalue weighted by Crippen LogP contribution is 2.20. The number of benzene rings is 2. The van der Waals surface area contributed by atoms with E-state index in [-0.39, 0.29) is 29.2 Å². The number of para-hydroxylation sites is 1. The molecule has 2 aromatic carbocycles. The molecule has 0 saturated heterocycles. The van der Waals surface area contributed by atoms with E-state index in [0.29, 0.717) is 28.2 Å². The summed E-state index contributed by atoms with van der Waals surface area (Å²) in [7, 11) is 1.51. The zero-order chi connectivity index (χ0) is 19.4. The Kier molecular flexibility index (Phi) is 5.52. The molecule has 0 aliphatic carbocycles. The number of hydrogen-bond acceptors (Lipinski definition) is 4. The van der Waals surface area contributed by atoms with Crippen molar-refractivity contribution >= 4 is 40.0 Å². The number of nitrogens with one attached hydrogen (secondary N) is 2. The summed E-state index contributed by atoms with van der Waals surface area (Å²) >= 11 is 6.01. The molecule has 1 aromatic heterocycles. The molecule has 2 amide bonds. The first-order chi connectivity index (χ1) is 13.0. The molecule has 0 fully saturated rings. The maximum absolute atomic E-state index is 12.3. The van der Waals surface area contributed by atoms with Crippen molar-refractivity contribution in [1.29, 1.82) is 0 Å². The first-order valence-corrected chi connectivity index (χ1v) is 8.63. The molecule has 0 aliphatic rings. The summed E-state index contributed by atoms with van der Waals surface area (Å²) in [5.74, 6) is -0.579. The van der Waals surface area contributed by atoms with Gasteiger partial charge in [0.25, 0.3) is 5.91 Å². The maximum Gasteiger partial charge on any atom is 0.252 e. The molecule has 0 bridgehead atoms. The van der Waals surface area contributed by atoms with Gasteiger partial charge < -0.3 is 10.6 Å². The molecule has 0 atom stereocenters. The summed E-state index contributed by atoms with van der Waals surface area (Å²) in [5, 5.41) is 10.2. The minimum atomic E-state index is -0.333. The molecule has 7 nitrogen and oxygen atoms in total. The Bertz CT molecular complexity index is 1080. The summed E-state index contributed by atoms with van der Waals surface area (Å²) in [5.41, 5.74) is 1.27. The largest absolute Gasteiger partial charge is 0.355 e. The zero-order valence-corrected chi connectivity index (χ0v) is 15.3. The molecule has 0 radical (unpaired) electrons. The molecule has 138 valence electrons. The van der Waals surface area contributed by atoms with Crippen molar-refractivity contribution in [2.75, 3.05) is 12.4 Å². The van der Waals surface area contributed by atoms with Crippen LogP contribution in [0.15, 0.2) is 53.5 Å². The van der Waals surface area contributed by atoms with Crippen LogP contribution in [-0.4, -0.2) is 28.6 Å². The topological polar surface area (TPSA) is 93.1 Å². The number of hydrogen-bond donors (Lipinski definition) is 2. The lowest BCUT2D eigenvalue weighted by atomic mass is 10.2. The lowest BCUT2D eigenvalue weighted by molar-refractivity contribution is -0.116. The SMILES string of the molecule is CNC(=O)c1cc(NC(=O)CCn2ncc(=O)c3ccccc32)ccc1Cl. The summed E-state index contributed by atoms with van der Waals surface area (Å²) in [6.45, 7) is 0.308. The number of carbonyl (C=O) groups is 2. The van der Waals surface area contributed by atoms with Crippen molar-refractivity contribution in [2.45, 2.75) is 13.0 Å². The second-order valence-electron chi connectivity index (χ2n) is 5.82. The Labute approximate surface area is 160 Å². The Morgan fingerprint density at radius 3 is 2.74 bits per heavy atom. The van der Waals surface area contributed by atoms with Crippen molar-refractivity contribution in [3.8, 4) is 0 Å². The molecular weight excluding hydrogens is 368 g/mol. The van der Waals surface area contributed by atoms with E-state index in [1.807, 2.05) is 6.07 Å². The molecule has 2 N–H and O–H groups in total. The molecule has 3 aromatic rings. The van der Waals surface area contributed by atoms with Gasteiger partial charge in [-0.2, -0.15) is 5.10 Å². The monoisotopic (exact) mass is 384 g/mol. The van der Waals surface area contributed by atoms with Crippen LogP contribution in [0.1, 0.15) is 16.8 Å². The predicted molar refractivity (Wildman–Crippen MR) is 104 cm³/mol. The molecule has 3 rings (SSSR count). The van der Waals surface area contributed by atoms with Crippen LogP contribution >= 0.6 is 11.6 Å². The lowest BCUT2D eigenvalue weighted by Crippen LogP contribution is -2.20. The van der Waals surface area contributed by atoms with E-state index in [4.69, 9.17) is 11.6 Å². The normalized spacial score (nSPS) is 10.6. The number of nitrogens with zero attached hydrogens (tertiary/aromatic N) is 2. The Hall–Kier alpha value is -3.19. The summed E-state index contributed by atoms with van der Waals surface area (Å²) in [6.07, 6.45) is 1.40. The van der Waals surface area contributed by atoms with Gasteiger partial charge in [0.1, 0.15) is 0 Å². The molecule has 0 unspecified atom stereocenters. The van der Waals surface area contributed by atoms with Gasteiger partial charge in [0, 0.05) is 24.5 Å². The van der Waals surface area contributed by atoms with E-state index >= 15 is 0 Å². The standard InChI is InChI=1S/C19H17ClN4O3/c1-21-19(27)14-10-12(6-7-15(14)20)23-18(26)8-9-24-16-5-3-2-4-13(16)17(25)11-22-24/h2-7,10-11H,8-9H2,1H3,(H,21,27)(H,23,26). The fourth-order valence-corrected chi connectivity index (χ4v) is 2.89. The van der Waals surface area contributed by atoms with Crippen molar-refractivity contribution in [1.82, 2.24) is 15.1 Å². The molecule has 27 heavy (non-hydrogen) atoms. The van der Waals surface area contributed by atoms with Crippen LogP contribution in [0.4, 0.5) is 5.69 Å². The number of carbonyl (C=O) groups excluding carboxylic acids is 2. The summed E-state index contributed by atoms with van der Waals surface area (Å²) < 4.78 is 1.62. The van der Waals surface area contributed by atoms with Crippen molar-refractivity contribution in [3.05, 3.63) is 69.5 Å². The molecule has 0 saturated carbocycles. The number of halogens is 1. The number of aromatic nitrogens is 2. The molecule has 8 heteroatoms. The van der Waals surface area contributed by atoms with Crippen LogP contribution in [0, 0.1) is 0 Å². The van der Waals surface area contributed by atoms with Crippen molar-refractivity contribution in [2.24, 2.45) is 0 Å². The molecule has 0 aliphatic heterocycles. The van der Waals surface area contributed by atoms with Gasteiger partial charge >= 0.3 is 0 Å². The van der Waals surface area contributed by atoms with E-state index in [0.717, 1.165) is 0 Å². The summed E-state index contributed by atoms with van der Waals surface area (Å²) in [4.78, 5) is 35.9. The van der Waals surface area contributed by atoms with Gasteiger partial charge in [0.2, 0.25) is 11.3 Å². The minimum Gasteiger partial charge on any atom is -0.355 e. The fourth-order valence-electron chi connectivity index (χ4n) is 2.68. The van der Waals surface area contributed by atoms with E-state index in [1.54, 1.807) is 35.0 Å². The number of rotatable bonds is 5. The number of amides is 2. The number of aryl methyl sites for hydroxylation is 1. The number of anilines is 1. The van der Waals surface area contributed by atoms with Gasteiger partial charge in [-0.3, -0.25) is 19.1 Å². The average Bonchev–Trinajstić information content (AvgIpc) is 2.68.